The molecule has 12 heteroatoms. The molecule has 1 aromatic rings. The number of hydrogen-bond acceptors (Lipinski definition) is 6. The van der Waals surface area contributed by atoms with E-state index in [0.29, 0.717) is 19.4 Å². The minimum absolute atomic E-state index is 0.00579. The standard InChI is InChI=1S/C23H32F4N4O4/c1-22(2,3)35-21(33)31-10-6-8-17(31)19(32)28-12-14-11-16(24)18(29-20(14)34-4)30-9-5-7-15(13-30)23(25,26)27/h11,15,17H,5-10,12-13H2,1-4H3,(H,28,32)/t15?,17-/m0/s1. The Labute approximate surface area is 201 Å². The maximum Gasteiger partial charge on any atom is 0.410 e. The SMILES string of the molecule is COc1nc(N2CCCC(C(F)(F)F)C2)c(F)cc1CNC(=O)[C@@H]1CCCN1C(=O)OC(C)(C)C. The maximum absolute atomic E-state index is 14.9. The van der Waals surface area contributed by atoms with Crippen molar-refractivity contribution in [3.63, 3.8) is 0 Å². The summed E-state index contributed by atoms with van der Waals surface area (Å²) in [5.41, 5.74) is -0.471. The Hall–Kier alpha value is -2.79. The Kier molecular flexibility index (Phi) is 8.00. The third-order valence-corrected chi connectivity index (χ3v) is 6.01. The summed E-state index contributed by atoms with van der Waals surface area (Å²) in [5, 5.41) is 2.68. The Morgan fingerprint density at radius 3 is 2.49 bits per heavy atom. The number of alkyl halides is 3. The highest BCUT2D eigenvalue weighted by Gasteiger charge is 2.42. The van der Waals surface area contributed by atoms with Gasteiger partial charge in [0.05, 0.1) is 13.0 Å². The van der Waals surface area contributed by atoms with Crippen LogP contribution >= 0.6 is 0 Å². The molecule has 196 valence electrons. The first-order valence-electron chi connectivity index (χ1n) is 11.6. The molecule has 0 aliphatic carbocycles. The van der Waals surface area contributed by atoms with Gasteiger partial charge in [-0.05, 0) is 52.5 Å². The van der Waals surface area contributed by atoms with E-state index < -0.39 is 41.6 Å². The van der Waals surface area contributed by atoms with Crippen molar-refractivity contribution in [3.8, 4) is 5.88 Å². The molecule has 2 amide bonds. The summed E-state index contributed by atoms with van der Waals surface area (Å²) in [7, 11) is 1.31. The summed E-state index contributed by atoms with van der Waals surface area (Å²) in [6.07, 6.45) is -3.59. The van der Waals surface area contributed by atoms with E-state index >= 15 is 0 Å². The average molecular weight is 505 g/mol. The molecule has 3 rings (SSSR count). The molecule has 2 aliphatic rings. The Balaban J connectivity index is 1.69. The second-order valence-corrected chi connectivity index (χ2v) is 9.84. The Morgan fingerprint density at radius 2 is 1.86 bits per heavy atom. The van der Waals surface area contributed by atoms with Gasteiger partial charge >= 0.3 is 12.3 Å². The van der Waals surface area contributed by atoms with Crippen LogP contribution in [-0.2, 0) is 16.1 Å². The number of amides is 2. The van der Waals surface area contributed by atoms with Gasteiger partial charge in [-0.15, -0.1) is 0 Å². The van der Waals surface area contributed by atoms with E-state index in [1.54, 1.807) is 20.8 Å². The van der Waals surface area contributed by atoms with E-state index in [9.17, 15) is 27.2 Å². The smallest absolute Gasteiger partial charge is 0.410 e. The van der Waals surface area contributed by atoms with Crippen LogP contribution in [0.15, 0.2) is 6.07 Å². The molecule has 2 atom stereocenters. The molecule has 1 N–H and O–H groups in total. The second-order valence-electron chi connectivity index (χ2n) is 9.84. The van der Waals surface area contributed by atoms with Crippen molar-refractivity contribution in [2.75, 3.05) is 31.6 Å². The van der Waals surface area contributed by atoms with Gasteiger partial charge in [-0.25, -0.2) is 9.18 Å². The lowest BCUT2D eigenvalue weighted by Gasteiger charge is -2.34. The fourth-order valence-electron chi connectivity index (χ4n) is 4.34. The van der Waals surface area contributed by atoms with Crippen LogP contribution in [0.2, 0.25) is 0 Å². The summed E-state index contributed by atoms with van der Waals surface area (Å²) >= 11 is 0. The number of aromatic nitrogens is 1. The lowest BCUT2D eigenvalue weighted by atomic mass is 9.97. The molecule has 0 saturated carbocycles. The molecule has 2 fully saturated rings. The second kappa shape index (κ2) is 10.4. The van der Waals surface area contributed by atoms with Gasteiger partial charge in [0.2, 0.25) is 11.8 Å². The summed E-state index contributed by atoms with van der Waals surface area (Å²) in [6, 6.07) is 0.388. The zero-order valence-corrected chi connectivity index (χ0v) is 20.4. The molecule has 0 aromatic carbocycles. The van der Waals surface area contributed by atoms with E-state index in [4.69, 9.17) is 9.47 Å². The van der Waals surface area contributed by atoms with Gasteiger partial charge in [-0.2, -0.15) is 18.2 Å². The van der Waals surface area contributed by atoms with Crippen LogP contribution in [0.5, 0.6) is 5.88 Å². The summed E-state index contributed by atoms with van der Waals surface area (Å²) < 4.78 is 65.0. The van der Waals surface area contributed by atoms with Gasteiger partial charge in [0.1, 0.15) is 11.6 Å². The van der Waals surface area contributed by atoms with E-state index in [2.05, 4.69) is 10.3 Å². The van der Waals surface area contributed by atoms with Gasteiger partial charge < -0.3 is 19.7 Å². The number of likely N-dealkylation sites (tertiary alicyclic amines) is 1. The number of rotatable bonds is 5. The fraction of sp³-hybridized carbons (Fsp3) is 0.696. The number of nitrogens with one attached hydrogen (secondary N) is 1. The fourth-order valence-corrected chi connectivity index (χ4v) is 4.34. The number of hydrogen-bond donors (Lipinski definition) is 1. The van der Waals surface area contributed by atoms with Crippen LogP contribution in [0.3, 0.4) is 0 Å². The topological polar surface area (TPSA) is 84.0 Å². The number of anilines is 1. The van der Waals surface area contributed by atoms with Crippen LogP contribution in [-0.4, -0.2) is 66.4 Å². The number of ether oxygens (including phenoxy) is 2. The molecule has 0 spiro atoms. The molecular formula is C23H32F4N4O4. The number of halogens is 4. The summed E-state index contributed by atoms with van der Waals surface area (Å²) in [5.74, 6) is -2.98. The number of nitrogens with zero attached hydrogens (tertiary/aromatic N) is 3. The van der Waals surface area contributed by atoms with Crippen LogP contribution in [0.1, 0.15) is 52.0 Å². The van der Waals surface area contributed by atoms with Crippen LogP contribution in [0, 0.1) is 11.7 Å². The predicted molar refractivity (Wildman–Crippen MR) is 120 cm³/mol. The van der Waals surface area contributed by atoms with Gasteiger partial charge in [0.25, 0.3) is 0 Å². The highest BCUT2D eigenvalue weighted by atomic mass is 19.4. The minimum atomic E-state index is -4.36. The first-order valence-corrected chi connectivity index (χ1v) is 11.6. The molecule has 35 heavy (non-hydrogen) atoms. The van der Waals surface area contributed by atoms with Crippen molar-refractivity contribution in [1.82, 2.24) is 15.2 Å². The number of pyridine rings is 1. The molecule has 2 aliphatic heterocycles. The van der Waals surface area contributed by atoms with E-state index in [0.717, 1.165) is 6.07 Å². The van der Waals surface area contributed by atoms with Crippen molar-refractivity contribution in [2.24, 2.45) is 5.92 Å². The molecular weight excluding hydrogens is 472 g/mol. The number of piperidine rings is 1. The first-order chi connectivity index (χ1) is 16.3. The first kappa shape index (κ1) is 26.8. The number of carbonyl (C=O) groups excluding carboxylic acids is 2. The Morgan fingerprint density at radius 1 is 1.17 bits per heavy atom. The third-order valence-electron chi connectivity index (χ3n) is 6.01. The minimum Gasteiger partial charge on any atom is -0.481 e. The van der Waals surface area contributed by atoms with E-state index in [-0.39, 0.29) is 49.7 Å². The molecule has 8 nitrogen and oxygen atoms in total. The number of carbonyl (C=O) groups is 2. The zero-order chi connectivity index (χ0) is 26.0. The van der Waals surface area contributed by atoms with Crippen molar-refractivity contribution < 1.29 is 36.6 Å². The molecule has 2 saturated heterocycles. The molecule has 1 aromatic heterocycles. The quantitative estimate of drug-likeness (QED) is 0.610. The number of methoxy groups -OCH3 is 1. The van der Waals surface area contributed by atoms with E-state index in [1.165, 1.54) is 16.9 Å². The average Bonchev–Trinajstić information content (AvgIpc) is 3.26. The zero-order valence-electron chi connectivity index (χ0n) is 20.4. The largest absolute Gasteiger partial charge is 0.481 e. The van der Waals surface area contributed by atoms with Crippen molar-refractivity contribution in [2.45, 2.75) is 70.8 Å². The van der Waals surface area contributed by atoms with Crippen LogP contribution in [0.25, 0.3) is 0 Å². The summed E-state index contributed by atoms with van der Waals surface area (Å²) in [6.45, 7) is 5.33. The monoisotopic (exact) mass is 504 g/mol. The van der Waals surface area contributed by atoms with Gasteiger partial charge in [0, 0.05) is 31.7 Å². The lowest BCUT2D eigenvalue weighted by Crippen LogP contribution is -2.47. The maximum atomic E-state index is 14.9. The van der Waals surface area contributed by atoms with Gasteiger partial charge in [-0.3, -0.25) is 9.69 Å². The van der Waals surface area contributed by atoms with Crippen LogP contribution < -0.4 is 15.0 Å². The van der Waals surface area contributed by atoms with Gasteiger partial charge in [-0.1, -0.05) is 0 Å². The Bertz CT molecular complexity index is 935. The van der Waals surface area contributed by atoms with E-state index in [1.807, 2.05) is 0 Å². The van der Waals surface area contributed by atoms with Crippen LogP contribution in [0.4, 0.5) is 28.2 Å². The predicted octanol–water partition coefficient (Wildman–Crippen LogP) is 4.02. The highest BCUT2D eigenvalue weighted by molar-refractivity contribution is 5.86. The third kappa shape index (κ3) is 6.66. The van der Waals surface area contributed by atoms with Crippen molar-refractivity contribution in [3.05, 3.63) is 17.4 Å². The lowest BCUT2D eigenvalue weighted by molar-refractivity contribution is -0.176. The molecule has 1 unspecified atom stereocenters. The molecule has 0 radical (unpaired) electrons. The molecule has 3 heterocycles. The normalized spacial score (nSPS) is 21.1. The van der Waals surface area contributed by atoms with Crippen molar-refractivity contribution >= 4 is 17.8 Å². The van der Waals surface area contributed by atoms with Crippen molar-refractivity contribution in [1.29, 1.82) is 0 Å². The van der Waals surface area contributed by atoms with Gasteiger partial charge in [0.15, 0.2) is 11.6 Å². The molecule has 0 bridgehead atoms. The highest BCUT2D eigenvalue weighted by Crippen LogP contribution is 2.36. The summed E-state index contributed by atoms with van der Waals surface area (Å²) in [4.78, 5) is 32.0.